The molecule has 130 valence electrons. The summed E-state index contributed by atoms with van der Waals surface area (Å²) >= 11 is 0. The highest BCUT2D eigenvalue weighted by Crippen LogP contribution is 2.30. The highest BCUT2D eigenvalue weighted by atomic mass is 16.2. The molecule has 1 aliphatic carbocycles. The second-order valence-electron chi connectivity index (χ2n) is 6.68. The van der Waals surface area contributed by atoms with Crippen molar-refractivity contribution in [1.82, 2.24) is 19.9 Å². The topological polar surface area (TPSA) is 97.0 Å². The minimum absolute atomic E-state index is 0.169. The summed E-state index contributed by atoms with van der Waals surface area (Å²) in [6, 6.07) is 3.69. The smallest absolute Gasteiger partial charge is 0.314 e. The minimum Gasteiger partial charge on any atom is -0.365 e. The van der Waals surface area contributed by atoms with Crippen LogP contribution in [0.4, 0.5) is 10.6 Å². The Kier molecular flexibility index (Phi) is 4.21. The number of pyridine rings is 1. The number of nitrogens with two attached hydrogens (primary N) is 1. The monoisotopic (exact) mass is 338 g/mol. The summed E-state index contributed by atoms with van der Waals surface area (Å²) in [5, 5.41) is 3.56. The summed E-state index contributed by atoms with van der Waals surface area (Å²) in [6.07, 6.45) is 8.57. The third-order valence-electron chi connectivity index (χ3n) is 4.93. The number of nitrogens with one attached hydrogen (secondary N) is 1. The van der Waals surface area contributed by atoms with Crippen LogP contribution >= 0.6 is 0 Å². The lowest BCUT2D eigenvalue weighted by atomic mass is 10.1. The normalized spacial score (nSPS) is 19.5. The Bertz CT molecular complexity index is 779. The van der Waals surface area contributed by atoms with Gasteiger partial charge in [0.2, 0.25) is 0 Å². The number of likely N-dealkylation sites (tertiary alicyclic amines) is 1. The van der Waals surface area contributed by atoms with Crippen molar-refractivity contribution in [1.29, 1.82) is 0 Å². The molecule has 2 aliphatic rings. The SMILES string of the molecule is NC(=O)N1CCC[C@H](Nc2nc(-c3cccnc3)nc3c2CCC3)C1. The van der Waals surface area contributed by atoms with Crippen LogP contribution in [0.25, 0.3) is 11.4 Å². The van der Waals surface area contributed by atoms with Crippen molar-refractivity contribution in [3.8, 4) is 11.4 Å². The Hall–Kier alpha value is -2.70. The molecule has 3 N–H and O–H groups in total. The maximum atomic E-state index is 11.5. The fourth-order valence-corrected chi connectivity index (χ4v) is 3.66. The molecule has 1 saturated heterocycles. The van der Waals surface area contributed by atoms with E-state index in [0.717, 1.165) is 55.7 Å². The van der Waals surface area contributed by atoms with Gasteiger partial charge in [-0.3, -0.25) is 4.98 Å². The Morgan fingerprint density at radius 3 is 3.00 bits per heavy atom. The van der Waals surface area contributed by atoms with Gasteiger partial charge >= 0.3 is 6.03 Å². The molecule has 7 heteroatoms. The number of carbonyl (C=O) groups excluding carboxylic acids is 1. The van der Waals surface area contributed by atoms with E-state index >= 15 is 0 Å². The molecule has 2 amide bonds. The molecule has 1 fully saturated rings. The third kappa shape index (κ3) is 3.26. The summed E-state index contributed by atoms with van der Waals surface area (Å²) < 4.78 is 0. The average Bonchev–Trinajstić information content (AvgIpc) is 3.11. The lowest BCUT2D eigenvalue weighted by molar-refractivity contribution is 0.192. The highest BCUT2D eigenvalue weighted by Gasteiger charge is 2.25. The van der Waals surface area contributed by atoms with E-state index in [9.17, 15) is 4.79 Å². The quantitative estimate of drug-likeness (QED) is 0.892. The van der Waals surface area contributed by atoms with E-state index in [4.69, 9.17) is 15.7 Å². The van der Waals surface area contributed by atoms with Crippen LogP contribution in [-0.2, 0) is 12.8 Å². The van der Waals surface area contributed by atoms with E-state index < -0.39 is 0 Å². The maximum absolute atomic E-state index is 11.5. The zero-order valence-electron chi connectivity index (χ0n) is 14.1. The Labute approximate surface area is 146 Å². The van der Waals surface area contributed by atoms with Crippen molar-refractivity contribution >= 4 is 11.8 Å². The molecule has 3 heterocycles. The first-order valence-electron chi connectivity index (χ1n) is 8.82. The maximum Gasteiger partial charge on any atom is 0.314 e. The van der Waals surface area contributed by atoms with Crippen LogP contribution in [0.3, 0.4) is 0 Å². The molecule has 2 aromatic rings. The largest absolute Gasteiger partial charge is 0.365 e. The average molecular weight is 338 g/mol. The zero-order valence-corrected chi connectivity index (χ0v) is 14.1. The molecule has 1 aliphatic heterocycles. The van der Waals surface area contributed by atoms with Gasteiger partial charge in [-0.05, 0) is 44.2 Å². The standard InChI is InChI=1S/C18H22N6O/c19-18(25)24-9-3-5-13(11-24)21-17-14-6-1-7-15(14)22-16(23-17)12-4-2-8-20-10-12/h2,4,8,10,13H,1,3,5-7,9,11H2,(H2,19,25)(H,21,22,23)/t13-/m0/s1. The van der Waals surface area contributed by atoms with Crippen molar-refractivity contribution in [2.45, 2.75) is 38.1 Å². The van der Waals surface area contributed by atoms with Crippen LogP contribution in [0.2, 0.25) is 0 Å². The van der Waals surface area contributed by atoms with Gasteiger partial charge in [0.15, 0.2) is 5.82 Å². The molecule has 0 bridgehead atoms. The minimum atomic E-state index is -0.351. The van der Waals surface area contributed by atoms with Gasteiger partial charge in [0.1, 0.15) is 5.82 Å². The molecule has 7 nitrogen and oxygen atoms in total. The van der Waals surface area contributed by atoms with Crippen molar-refractivity contribution in [2.24, 2.45) is 5.73 Å². The Morgan fingerprint density at radius 1 is 1.28 bits per heavy atom. The van der Waals surface area contributed by atoms with Crippen LogP contribution in [0, 0.1) is 0 Å². The molecule has 2 aromatic heterocycles. The first-order chi connectivity index (χ1) is 12.2. The number of aryl methyl sites for hydroxylation is 1. The Morgan fingerprint density at radius 2 is 2.20 bits per heavy atom. The van der Waals surface area contributed by atoms with Crippen LogP contribution in [0.1, 0.15) is 30.5 Å². The number of primary amides is 1. The number of hydrogen-bond donors (Lipinski definition) is 2. The molecule has 0 radical (unpaired) electrons. The van der Waals surface area contributed by atoms with Gasteiger partial charge in [-0.1, -0.05) is 0 Å². The molecule has 25 heavy (non-hydrogen) atoms. The van der Waals surface area contributed by atoms with Crippen LogP contribution < -0.4 is 11.1 Å². The summed E-state index contributed by atoms with van der Waals surface area (Å²) in [4.78, 5) is 26.9. The highest BCUT2D eigenvalue weighted by molar-refractivity contribution is 5.72. The van der Waals surface area contributed by atoms with Gasteiger partial charge in [0.25, 0.3) is 0 Å². The number of rotatable bonds is 3. The number of hydrogen-bond acceptors (Lipinski definition) is 5. The fourth-order valence-electron chi connectivity index (χ4n) is 3.66. The number of carbonyl (C=O) groups is 1. The molecule has 0 aromatic carbocycles. The van der Waals surface area contributed by atoms with E-state index in [1.807, 2.05) is 12.1 Å². The van der Waals surface area contributed by atoms with Crippen molar-refractivity contribution in [3.63, 3.8) is 0 Å². The molecular formula is C18H22N6O. The van der Waals surface area contributed by atoms with E-state index in [-0.39, 0.29) is 12.1 Å². The second kappa shape index (κ2) is 6.66. The van der Waals surface area contributed by atoms with Gasteiger partial charge in [0.05, 0.1) is 0 Å². The van der Waals surface area contributed by atoms with Crippen LogP contribution in [0.15, 0.2) is 24.5 Å². The lowest BCUT2D eigenvalue weighted by Gasteiger charge is -2.32. The summed E-state index contributed by atoms with van der Waals surface area (Å²) in [5.41, 5.74) is 8.69. The van der Waals surface area contributed by atoms with Gasteiger partial charge in [0, 0.05) is 48.3 Å². The number of amides is 2. The number of fused-ring (bicyclic) bond motifs is 1. The summed E-state index contributed by atoms with van der Waals surface area (Å²) in [7, 11) is 0. The second-order valence-corrected chi connectivity index (χ2v) is 6.68. The number of nitrogens with zero attached hydrogens (tertiary/aromatic N) is 4. The predicted octanol–water partition coefficient (Wildman–Crippen LogP) is 1.98. The predicted molar refractivity (Wildman–Crippen MR) is 95.1 cm³/mol. The number of aromatic nitrogens is 3. The first kappa shape index (κ1) is 15.8. The first-order valence-corrected chi connectivity index (χ1v) is 8.82. The molecular weight excluding hydrogens is 316 g/mol. The van der Waals surface area contributed by atoms with Crippen molar-refractivity contribution in [3.05, 3.63) is 35.8 Å². The number of piperidine rings is 1. The molecule has 0 unspecified atom stereocenters. The lowest BCUT2D eigenvalue weighted by Crippen LogP contribution is -2.47. The van der Waals surface area contributed by atoms with Crippen LogP contribution in [0.5, 0.6) is 0 Å². The number of urea groups is 1. The fraction of sp³-hybridized carbons (Fsp3) is 0.444. The molecule has 1 atom stereocenters. The van der Waals surface area contributed by atoms with Gasteiger partial charge in [-0.15, -0.1) is 0 Å². The van der Waals surface area contributed by atoms with Crippen LogP contribution in [-0.4, -0.2) is 45.0 Å². The van der Waals surface area contributed by atoms with Gasteiger partial charge in [-0.25, -0.2) is 14.8 Å². The van der Waals surface area contributed by atoms with Gasteiger partial charge in [-0.2, -0.15) is 0 Å². The summed E-state index contributed by atoms with van der Waals surface area (Å²) in [5.74, 6) is 1.61. The third-order valence-corrected chi connectivity index (χ3v) is 4.93. The molecule has 0 spiro atoms. The zero-order chi connectivity index (χ0) is 17.2. The van der Waals surface area contributed by atoms with E-state index in [0.29, 0.717) is 12.4 Å². The van der Waals surface area contributed by atoms with E-state index in [2.05, 4.69) is 10.3 Å². The van der Waals surface area contributed by atoms with Gasteiger partial charge < -0.3 is 16.0 Å². The summed E-state index contributed by atoms with van der Waals surface area (Å²) in [6.45, 7) is 1.35. The Balaban J connectivity index is 1.63. The number of anilines is 1. The van der Waals surface area contributed by atoms with E-state index in [1.165, 1.54) is 5.56 Å². The van der Waals surface area contributed by atoms with Crippen molar-refractivity contribution < 1.29 is 4.79 Å². The molecule has 4 rings (SSSR count). The molecule has 0 saturated carbocycles. The van der Waals surface area contributed by atoms with Crippen molar-refractivity contribution in [2.75, 3.05) is 18.4 Å². The van der Waals surface area contributed by atoms with E-state index in [1.54, 1.807) is 17.3 Å².